The van der Waals surface area contributed by atoms with E-state index in [9.17, 15) is 79.8 Å². The Hall–Kier alpha value is -3.74. The molecular weight excluding hydrogens is 920 g/mol. The number of rotatable bonds is 23. The van der Waals surface area contributed by atoms with Gasteiger partial charge in [-0.2, -0.15) is 70.2 Å². The molecule has 2 aliphatic carbocycles. The third-order valence-electron chi connectivity index (χ3n) is 13.0. The first-order chi connectivity index (χ1) is 30.5. The van der Waals surface area contributed by atoms with Gasteiger partial charge in [0.1, 0.15) is 0 Å². The molecule has 2 saturated carbocycles. The van der Waals surface area contributed by atoms with E-state index in [0.717, 1.165) is 127 Å². The highest BCUT2D eigenvalue weighted by Crippen LogP contribution is 2.64. The monoisotopic (exact) mass is 974 g/mol. The first-order valence-corrected chi connectivity index (χ1v) is 22.1. The van der Waals surface area contributed by atoms with Crippen molar-refractivity contribution in [1.82, 2.24) is 0 Å². The van der Waals surface area contributed by atoms with Crippen LogP contribution in [-0.4, -0.2) is 72.5 Å². The van der Waals surface area contributed by atoms with Gasteiger partial charge in [-0.1, -0.05) is 89.5 Å². The first kappa shape index (κ1) is 54.9. The predicted molar refractivity (Wildman–Crippen MR) is 211 cm³/mol. The van der Waals surface area contributed by atoms with Crippen LogP contribution in [0.1, 0.15) is 160 Å². The highest BCUT2D eigenvalue weighted by atomic mass is 19.4. The van der Waals surface area contributed by atoms with Gasteiger partial charge in [-0.05, 0) is 110 Å². The molecule has 4 rings (SSSR count). The molecule has 0 atom stereocenters. The van der Waals surface area contributed by atoms with Crippen molar-refractivity contribution in [3.63, 3.8) is 0 Å². The summed E-state index contributed by atoms with van der Waals surface area (Å²) in [6, 6.07) is 9.30. The van der Waals surface area contributed by atoms with E-state index in [2.05, 4.69) is 23.3 Å². The van der Waals surface area contributed by atoms with Gasteiger partial charge >= 0.3 is 59.3 Å². The fraction of sp³-hybridized carbons (Fsp3) is 0.696. The summed E-state index contributed by atoms with van der Waals surface area (Å²) in [6.07, 6.45) is 15.2. The van der Waals surface area contributed by atoms with Gasteiger partial charge in [0.05, 0.1) is 11.1 Å². The first-order valence-electron chi connectivity index (χ1n) is 22.1. The van der Waals surface area contributed by atoms with Crippen molar-refractivity contribution in [2.24, 2.45) is 11.8 Å². The molecular formula is C46H54F16O4. The molecule has 0 amide bonds. The topological polar surface area (TPSA) is 52.6 Å². The standard InChI is InChI=1S/C46H54F16O4/c1-3-5-7-9-29-11-15-31(16-12-29)33-19-23-35(24-20-33)37(63)65-27-39(47,48)41(51,52)43(55,56)45(59,60)46(61,62)44(57,58)42(53,54)40(49,50)28-66-38(64)36-25-21-34(22-26-36)32-17-13-30(14-18-32)10-8-6-4-2/h19-26,29-32H,3-18,27-28H2,1-2H3. The number of halogens is 16. The highest BCUT2D eigenvalue weighted by molar-refractivity contribution is 5.90. The lowest BCUT2D eigenvalue weighted by Crippen LogP contribution is -2.75. The number of unbranched alkanes of at least 4 members (excludes halogenated alkanes) is 4. The van der Waals surface area contributed by atoms with E-state index < -0.39 is 83.7 Å². The van der Waals surface area contributed by atoms with Gasteiger partial charge in [0.15, 0.2) is 13.2 Å². The number of ether oxygens (including phenoxy) is 2. The summed E-state index contributed by atoms with van der Waals surface area (Å²) in [4.78, 5) is 24.7. The van der Waals surface area contributed by atoms with Gasteiger partial charge in [0, 0.05) is 0 Å². The average Bonchev–Trinajstić information content (AvgIpc) is 3.27. The Balaban J connectivity index is 1.39. The van der Waals surface area contributed by atoms with Crippen LogP contribution in [0.4, 0.5) is 70.2 Å². The van der Waals surface area contributed by atoms with Crippen molar-refractivity contribution in [2.75, 3.05) is 13.2 Å². The second-order valence-corrected chi connectivity index (χ2v) is 17.7. The van der Waals surface area contributed by atoms with Crippen molar-refractivity contribution < 1.29 is 89.3 Å². The fourth-order valence-corrected chi connectivity index (χ4v) is 8.63. The third kappa shape index (κ3) is 11.2. The Morgan fingerprint density at radius 3 is 0.970 bits per heavy atom. The maximum Gasteiger partial charge on any atom is 0.385 e. The maximum atomic E-state index is 14.6. The van der Waals surface area contributed by atoms with E-state index in [1.165, 1.54) is 24.3 Å². The van der Waals surface area contributed by atoms with Gasteiger partial charge in [-0.25, -0.2) is 9.59 Å². The number of carbonyl (C=O) groups is 2. The fourth-order valence-electron chi connectivity index (χ4n) is 8.63. The van der Waals surface area contributed by atoms with Gasteiger partial charge in [0.2, 0.25) is 0 Å². The molecule has 2 aliphatic rings. The molecule has 0 radical (unpaired) electrons. The summed E-state index contributed by atoms with van der Waals surface area (Å²) in [5.74, 6) is -66.5. The molecule has 0 heterocycles. The molecule has 66 heavy (non-hydrogen) atoms. The predicted octanol–water partition coefficient (Wildman–Crippen LogP) is 15.5. The van der Waals surface area contributed by atoms with Crippen LogP contribution in [0.5, 0.6) is 0 Å². The van der Waals surface area contributed by atoms with Crippen LogP contribution < -0.4 is 0 Å². The zero-order valence-electron chi connectivity index (χ0n) is 36.3. The molecule has 0 spiro atoms. The molecule has 0 bridgehead atoms. The van der Waals surface area contributed by atoms with Crippen molar-refractivity contribution in [3.8, 4) is 0 Å². The summed E-state index contributed by atoms with van der Waals surface area (Å²) in [6.45, 7) is -2.39. The largest absolute Gasteiger partial charge is 0.455 e. The summed E-state index contributed by atoms with van der Waals surface area (Å²) < 4.78 is 241. The molecule has 20 heteroatoms. The zero-order chi connectivity index (χ0) is 49.6. The molecule has 0 unspecified atom stereocenters. The van der Waals surface area contributed by atoms with E-state index in [1.807, 2.05) is 0 Å². The van der Waals surface area contributed by atoms with Gasteiger partial charge in [0.25, 0.3) is 0 Å². The molecule has 2 aromatic carbocycles. The van der Waals surface area contributed by atoms with Crippen LogP contribution in [0.2, 0.25) is 0 Å². The number of carbonyl (C=O) groups excluding carboxylic acids is 2. The number of hydrogen-bond donors (Lipinski definition) is 0. The van der Waals surface area contributed by atoms with Crippen LogP contribution in [0.25, 0.3) is 0 Å². The molecule has 0 aromatic heterocycles. The zero-order valence-corrected chi connectivity index (χ0v) is 36.3. The lowest BCUT2D eigenvalue weighted by molar-refractivity contribution is -0.454. The minimum Gasteiger partial charge on any atom is -0.455 e. The second-order valence-electron chi connectivity index (χ2n) is 17.7. The summed E-state index contributed by atoms with van der Waals surface area (Å²) in [5, 5.41) is 0. The lowest BCUT2D eigenvalue weighted by Gasteiger charge is -2.43. The Bertz CT molecular complexity index is 1730. The van der Waals surface area contributed by atoms with Crippen LogP contribution >= 0.6 is 0 Å². The molecule has 2 aromatic rings. The number of alkyl halides is 16. The molecule has 4 nitrogen and oxygen atoms in total. The summed E-state index contributed by atoms with van der Waals surface area (Å²) >= 11 is 0. The molecule has 0 N–H and O–H groups in total. The van der Waals surface area contributed by atoms with Gasteiger partial charge in [-0.15, -0.1) is 0 Å². The molecule has 2 fully saturated rings. The molecule has 0 saturated heterocycles. The van der Waals surface area contributed by atoms with E-state index in [1.54, 1.807) is 0 Å². The quantitative estimate of drug-likeness (QED) is 0.0632. The van der Waals surface area contributed by atoms with E-state index in [-0.39, 0.29) is 11.8 Å². The number of esters is 2. The van der Waals surface area contributed by atoms with E-state index >= 15 is 0 Å². The maximum absolute atomic E-state index is 14.6. The van der Waals surface area contributed by atoms with Crippen molar-refractivity contribution >= 4 is 11.9 Å². The normalized spacial score (nSPS) is 20.8. The van der Waals surface area contributed by atoms with Gasteiger partial charge in [-0.3, -0.25) is 0 Å². The smallest absolute Gasteiger partial charge is 0.385 e. The summed E-state index contributed by atoms with van der Waals surface area (Å²) in [7, 11) is 0. The van der Waals surface area contributed by atoms with Crippen molar-refractivity contribution in [1.29, 1.82) is 0 Å². The second kappa shape index (κ2) is 21.3. The van der Waals surface area contributed by atoms with Crippen LogP contribution in [-0.2, 0) is 9.47 Å². The van der Waals surface area contributed by atoms with Crippen molar-refractivity contribution in [3.05, 3.63) is 70.8 Å². The van der Waals surface area contributed by atoms with Crippen molar-refractivity contribution in [2.45, 2.75) is 176 Å². The van der Waals surface area contributed by atoms with Crippen LogP contribution in [0, 0.1) is 11.8 Å². The minimum atomic E-state index is -8.67. The van der Waals surface area contributed by atoms with E-state index in [0.29, 0.717) is 23.0 Å². The SMILES string of the molecule is CCCCCC1CCC(c2ccc(C(=O)OCC(F)(F)C(F)(F)C(F)(F)C(F)(F)C(F)(F)C(F)(F)C(F)(F)C(F)(F)COC(=O)c3ccc(C4CCC(CCCCC)CC4)cc3)cc2)CC1. The average molecular weight is 975 g/mol. The number of benzene rings is 2. The number of hydrogen-bond acceptors (Lipinski definition) is 4. The molecule has 374 valence electrons. The summed E-state index contributed by atoms with van der Waals surface area (Å²) in [5.41, 5.74) is 0.0593. The van der Waals surface area contributed by atoms with E-state index in [4.69, 9.17) is 0 Å². The Morgan fingerprint density at radius 1 is 0.424 bits per heavy atom. The Labute approximate surface area is 372 Å². The lowest BCUT2D eigenvalue weighted by atomic mass is 9.77. The van der Waals surface area contributed by atoms with Gasteiger partial charge < -0.3 is 9.47 Å². The Kier molecular flexibility index (Phi) is 17.7. The molecule has 0 aliphatic heterocycles. The highest BCUT2D eigenvalue weighted by Gasteiger charge is 2.95. The minimum absolute atomic E-state index is 0.0197. The van der Waals surface area contributed by atoms with Crippen LogP contribution in [0.3, 0.4) is 0 Å². The Morgan fingerprint density at radius 2 is 0.697 bits per heavy atom. The van der Waals surface area contributed by atoms with Crippen LogP contribution in [0.15, 0.2) is 48.5 Å². The third-order valence-corrected chi connectivity index (χ3v) is 13.0.